The monoisotopic (exact) mass is 193 g/mol. The highest BCUT2D eigenvalue weighted by atomic mass is 15.0. The second-order valence-corrected chi connectivity index (χ2v) is 4.23. The van der Waals surface area contributed by atoms with Crippen molar-refractivity contribution in [2.75, 3.05) is 6.54 Å². The number of aryl methyl sites for hydroxylation is 1. The molecule has 1 atom stereocenters. The van der Waals surface area contributed by atoms with Crippen LogP contribution < -0.4 is 5.32 Å². The van der Waals surface area contributed by atoms with E-state index in [-0.39, 0.29) is 0 Å². The molecule has 0 aliphatic heterocycles. The summed E-state index contributed by atoms with van der Waals surface area (Å²) in [6.45, 7) is 4.50. The number of imidazole rings is 1. The normalized spacial score (nSPS) is 18.4. The molecule has 0 radical (unpaired) electrons. The Bertz CT molecular complexity index is 252. The average molecular weight is 193 g/mol. The highest BCUT2D eigenvalue weighted by molar-refractivity contribution is 4.83. The van der Waals surface area contributed by atoms with Gasteiger partial charge in [0.1, 0.15) is 0 Å². The quantitative estimate of drug-likeness (QED) is 0.696. The predicted octanol–water partition coefficient (Wildman–Crippen LogP) is 1.66. The molecule has 1 saturated carbocycles. The fourth-order valence-corrected chi connectivity index (χ4v) is 1.77. The fourth-order valence-electron chi connectivity index (χ4n) is 1.77. The van der Waals surface area contributed by atoms with Crippen LogP contribution in [0, 0.1) is 5.92 Å². The smallest absolute Gasteiger partial charge is 0.0945 e. The van der Waals surface area contributed by atoms with Crippen LogP contribution in [0.15, 0.2) is 18.7 Å². The molecule has 3 heteroatoms. The highest BCUT2D eigenvalue weighted by Crippen LogP contribution is 2.32. The van der Waals surface area contributed by atoms with E-state index in [0.717, 1.165) is 25.0 Å². The van der Waals surface area contributed by atoms with Crippen LogP contribution in [0.3, 0.4) is 0 Å². The largest absolute Gasteiger partial charge is 0.337 e. The zero-order valence-electron chi connectivity index (χ0n) is 8.82. The van der Waals surface area contributed by atoms with Crippen LogP contribution >= 0.6 is 0 Å². The van der Waals surface area contributed by atoms with Crippen molar-refractivity contribution >= 4 is 0 Å². The van der Waals surface area contributed by atoms with Crippen molar-refractivity contribution in [1.29, 1.82) is 0 Å². The molecule has 0 saturated heterocycles. The van der Waals surface area contributed by atoms with Crippen LogP contribution in [0.4, 0.5) is 0 Å². The van der Waals surface area contributed by atoms with Crippen molar-refractivity contribution < 1.29 is 0 Å². The minimum absolute atomic E-state index is 0.720. The van der Waals surface area contributed by atoms with Crippen molar-refractivity contribution in [3.05, 3.63) is 18.7 Å². The zero-order valence-corrected chi connectivity index (χ0v) is 8.82. The van der Waals surface area contributed by atoms with Crippen LogP contribution in [0.25, 0.3) is 0 Å². The van der Waals surface area contributed by atoms with Crippen LogP contribution in [-0.2, 0) is 6.54 Å². The second-order valence-electron chi connectivity index (χ2n) is 4.23. The molecule has 1 N–H and O–H groups in total. The summed E-state index contributed by atoms with van der Waals surface area (Å²) in [7, 11) is 0. The molecule has 0 aromatic carbocycles. The summed E-state index contributed by atoms with van der Waals surface area (Å²) in [5, 5.41) is 3.57. The average Bonchev–Trinajstić information content (AvgIpc) is 2.92. The summed E-state index contributed by atoms with van der Waals surface area (Å²) in [6, 6.07) is 0.720. The lowest BCUT2D eigenvalue weighted by Crippen LogP contribution is -2.29. The zero-order chi connectivity index (χ0) is 9.80. The molecule has 1 aromatic rings. The van der Waals surface area contributed by atoms with Crippen LogP contribution in [0.1, 0.15) is 26.2 Å². The standard InChI is InChI=1S/C11H19N3/c1-10(11-3-4-11)13-5-2-7-14-8-6-12-9-14/h6,8-11,13H,2-5,7H2,1H3. The molecule has 3 nitrogen and oxygen atoms in total. The molecular formula is C11H19N3. The van der Waals surface area contributed by atoms with Gasteiger partial charge >= 0.3 is 0 Å². The van der Waals surface area contributed by atoms with E-state index in [9.17, 15) is 0 Å². The molecule has 0 amide bonds. The van der Waals surface area contributed by atoms with Gasteiger partial charge in [-0.25, -0.2) is 4.98 Å². The SMILES string of the molecule is CC(NCCCn1ccnc1)C1CC1. The summed E-state index contributed by atoms with van der Waals surface area (Å²) < 4.78 is 2.13. The van der Waals surface area contributed by atoms with Gasteiger partial charge in [0.15, 0.2) is 0 Å². The molecule has 78 valence electrons. The Labute approximate surface area is 85.5 Å². The van der Waals surface area contributed by atoms with Gasteiger partial charge in [-0.3, -0.25) is 0 Å². The van der Waals surface area contributed by atoms with E-state index < -0.39 is 0 Å². The Balaban J connectivity index is 1.54. The number of aromatic nitrogens is 2. The maximum absolute atomic E-state index is 4.02. The fraction of sp³-hybridized carbons (Fsp3) is 0.727. The number of rotatable bonds is 6. The number of hydrogen-bond acceptors (Lipinski definition) is 2. The van der Waals surface area contributed by atoms with Crippen molar-refractivity contribution in [2.45, 2.75) is 38.8 Å². The number of nitrogens with zero attached hydrogens (tertiary/aromatic N) is 2. The Morgan fingerprint density at radius 2 is 2.43 bits per heavy atom. The van der Waals surface area contributed by atoms with E-state index in [1.165, 1.54) is 19.3 Å². The first kappa shape index (κ1) is 9.71. The van der Waals surface area contributed by atoms with Gasteiger partial charge in [-0.15, -0.1) is 0 Å². The topological polar surface area (TPSA) is 29.9 Å². The van der Waals surface area contributed by atoms with Gasteiger partial charge in [0.2, 0.25) is 0 Å². The summed E-state index contributed by atoms with van der Waals surface area (Å²) >= 11 is 0. The van der Waals surface area contributed by atoms with Gasteiger partial charge in [-0.2, -0.15) is 0 Å². The molecule has 1 unspecified atom stereocenters. The molecule has 1 aliphatic carbocycles. The molecule has 1 heterocycles. The first-order chi connectivity index (χ1) is 6.86. The lowest BCUT2D eigenvalue weighted by atomic mass is 10.2. The van der Waals surface area contributed by atoms with Crippen LogP contribution in [0.5, 0.6) is 0 Å². The number of hydrogen-bond donors (Lipinski definition) is 1. The third-order valence-corrected chi connectivity index (χ3v) is 2.95. The van der Waals surface area contributed by atoms with Crippen LogP contribution in [0.2, 0.25) is 0 Å². The van der Waals surface area contributed by atoms with E-state index in [4.69, 9.17) is 0 Å². The van der Waals surface area contributed by atoms with Crippen molar-refractivity contribution in [2.24, 2.45) is 5.92 Å². The molecule has 2 rings (SSSR count). The molecule has 1 aromatic heterocycles. The Morgan fingerprint density at radius 1 is 1.57 bits per heavy atom. The Kier molecular flexibility index (Phi) is 3.19. The summed E-state index contributed by atoms with van der Waals surface area (Å²) in [5.41, 5.74) is 0. The van der Waals surface area contributed by atoms with Gasteiger partial charge in [-0.05, 0) is 38.6 Å². The van der Waals surface area contributed by atoms with E-state index >= 15 is 0 Å². The van der Waals surface area contributed by atoms with E-state index in [2.05, 4.69) is 21.8 Å². The molecule has 1 aliphatic rings. The second kappa shape index (κ2) is 4.60. The highest BCUT2D eigenvalue weighted by Gasteiger charge is 2.26. The Morgan fingerprint density at radius 3 is 3.07 bits per heavy atom. The molecule has 1 fully saturated rings. The minimum atomic E-state index is 0.720. The van der Waals surface area contributed by atoms with E-state index in [1.54, 1.807) is 0 Å². The molecule has 0 bridgehead atoms. The lowest BCUT2D eigenvalue weighted by molar-refractivity contribution is 0.475. The maximum Gasteiger partial charge on any atom is 0.0945 e. The first-order valence-corrected chi connectivity index (χ1v) is 5.55. The molecule has 0 spiro atoms. The predicted molar refractivity (Wildman–Crippen MR) is 57.0 cm³/mol. The summed E-state index contributed by atoms with van der Waals surface area (Å²) in [5.74, 6) is 0.961. The van der Waals surface area contributed by atoms with Gasteiger partial charge in [0, 0.05) is 25.0 Å². The summed E-state index contributed by atoms with van der Waals surface area (Å²) in [6.07, 6.45) is 9.77. The Hall–Kier alpha value is -0.830. The lowest BCUT2D eigenvalue weighted by Gasteiger charge is -2.12. The first-order valence-electron chi connectivity index (χ1n) is 5.55. The van der Waals surface area contributed by atoms with Gasteiger partial charge in [-0.1, -0.05) is 0 Å². The third-order valence-electron chi connectivity index (χ3n) is 2.95. The van der Waals surface area contributed by atoms with E-state index in [0.29, 0.717) is 0 Å². The van der Waals surface area contributed by atoms with Crippen molar-refractivity contribution in [1.82, 2.24) is 14.9 Å². The van der Waals surface area contributed by atoms with E-state index in [1.807, 2.05) is 18.7 Å². The number of nitrogens with one attached hydrogen (secondary N) is 1. The third kappa shape index (κ3) is 2.84. The van der Waals surface area contributed by atoms with Crippen LogP contribution in [-0.4, -0.2) is 22.1 Å². The minimum Gasteiger partial charge on any atom is -0.337 e. The maximum atomic E-state index is 4.02. The van der Waals surface area contributed by atoms with Gasteiger partial charge < -0.3 is 9.88 Å². The summed E-state index contributed by atoms with van der Waals surface area (Å²) in [4.78, 5) is 4.02. The van der Waals surface area contributed by atoms with Gasteiger partial charge in [0.25, 0.3) is 0 Å². The van der Waals surface area contributed by atoms with Crippen molar-refractivity contribution in [3.63, 3.8) is 0 Å². The van der Waals surface area contributed by atoms with Crippen molar-refractivity contribution in [3.8, 4) is 0 Å². The van der Waals surface area contributed by atoms with Gasteiger partial charge in [0.05, 0.1) is 6.33 Å². The molecular weight excluding hydrogens is 174 g/mol. The molecule has 14 heavy (non-hydrogen) atoms.